The number of aromatic hydroxyl groups is 1. The van der Waals surface area contributed by atoms with Gasteiger partial charge < -0.3 is 9.84 Å². The molecule has 2 rings (SSSR count). The quantitative estimate of drug-likeness (QED) is 0.332. The van der Waals surface area contributed by atoms with Gasteiger partial charge in [-0.05, 0) is 64.7 Å². The van der Waals surface area contributed by atoms with Gasteiger partial charge in [-0.1, -0.05) is 95.2 Å². The van der Waals surface area contributed by atoms with Gasteiger partial charge in [-0.3, -0.25) is 0 Å². The average Bonchev–Trinajstić information content (AvgIpc) is 2.72. The van der Waals surface area contributed by atoms with Gasteiger partial charge in [0.15, 0.2) is 0 Å². The summed E-state index contributed by atoms with van der Waals surface area (Å²) in [5.74, 6) is 0.525. The lowest BCUT2D eigenvalue weighted by Gasteiger charge is -2.31. The first-order valence-corrected chi connectivity index (χ1v) is 13.0. The van der Waals surface area contributed by atoms with Crippen molar-refractivity contribution in [2.45, 2.75) is 125 Å². The molecule has 1 N–H and O–H groups in total. The molecular weight excluding hydrogens is 432 g/mol. The van der Waals surface area contributed by atoms with Gasteiger partial charge in [0.05, 0.1) is 5.56 Å². The summed E-state index contributed by atoms with van der Waals surface area (Å²) in [7, 11) is 0. The van der Waals surface area contributed by atoms with Gasteiger partial charge >= 0.3 is 5.97 Å². The van der Waals surface area contributed by atoms with Crippen LogP contribution in [-0.2, 0) is 21.7 Å². The topological polar surface area (TPSA) is 46.5 Å². The van der Waals surface area contributed by atoms with Crippen LogP contribution in [0.4, 0.5) is 0 Å². The van der Waals surface area contributed by atoms with Crippen molar-refractivity contribution in [3.8, 4) is 11.5 Å². The standard InChI is InChI=1S/C32H48O3/c1-14-31(10,11)22-16-20(3)27(25(19-22)32(12,13)15-2)35-28(34)21-17-23(29(4,5)6)26(33)24(18-21)30(7,8)9/h16-19,33H,14-15H2,1-13H3. The lowest BCUT2D eigenvalue weighted by molar-refractivity contribution is 0.0729. The monoisotopic (exact) mass is 480 g/mol. The summed E-state index contributed by atoms with van der Waals surface area (Å²) in [6, 6.07) is 7.99. The molecule has 0 radical (unpaired) electrons. The van der Waals surface area contributed by atoms with E-state index in [9.17, 15) is 9.90 Å². The minimum Gasteiger partial charge on any atom is -0.507 e. The molecule has 0 aliphatic carbocycles. The number of hydrogen-bond donors (Lipinski definition) is 1. The van der Waals surface area contributed by atoms with E-state index in [2.05, 4.69) is 53.7 Å². The third-order valence-corrected chi connectivity index (χ3v) is 7.71. The second-order valence-electron chi connectivity index (χ2n) is 13.5. The fourth-order valence-electron chi connectivity index (χ4n) is 4.24. The molecule has 0 aliphatic heterocycles. The van der Waals surface area contributed by atoms with Crippen molar-refractivity contribution >= 4 is 5.97 Å². The molecule has 0 saturated heterocycles. The minimum atomic E-state index is -0.389. The van der Waals surface area contributed by atoms with Crippen molar-refractivity contribution in [2.75, 3.05) is 0 Å². The zero-order valence-electron chi connectivity index (χ0n) is 24.5. The Bertz CT molecular complexity index is 1050. The lowest BCUT2D eigenvalue weighted by Crippen LogP contribution is -2.24. The van der Waals surface area contributed by atoms with Crippen LogP contribution in [0.3, 0.4) is 0 Å². The van der Waals surface area contributed by atoms with Crippen molar-refractivity contribution in [2.24, 2.45) is 0 Å². The molecule has 0 unspecified atom stereocenters. The summed E-state index contributed by atoms with van der Waals surface area (Å²) < 4.78 is 6.21. The van der Waals surface area contributed by atoms with Crippen LogP contribution in [-0.4, -0.2) is 11.1 Å². The first-order chi connectivity index (χ1) is 15.8. The Morgan fingerprint density at radius 2 is 1.20 bits per heavy atom. The smallest absolute Gasteiger partial charge is 0.343 e. The molecule has 2 aromatic rings. The molecule has 3 nitrogen and oxygen atoms in total. The molecule has 0 heterocycles. The highest BCUT2D eigenvalue weighted by Crippen LogP contribution is 2.42. The van der Waals surface area contributed by atoms with Crippen molar-refractivity contribution in [1.29, 1.82) is 0 Å². The normalized spacial score (nSPS) is 13.2. The number of hydrogen-bond acceptors (Lipinski definition) is 3. The van der Waals surface area contributed by atoms with Crippen LogP contribution in [0.1, 0.15) is 134 Å². The van der Waals surface area contributed by atoms with Gasteiger partial charge in [-0.2, -0.15) is 0 Å². The Kier molecular flexibility index (Phi) is 7.97. The van der Waals surface area contributed by atoms with Gasteiger partial charge in [0.2, 0.25) is 0 Å². The third-order valence-electron chi connectivity index (χ3n) is 7.71. The molecule has 0 fully saturated rings. The van der Waals surface area contributed by atoms with E-state index >= 15 is 0 Å². The molecule has 0 saturated carbocycles. The number of carbonyl (C=O) groups excluding carboxylic acids is 1. The molecule has 0 aromatic heterocycles. The molecule has 0 amide bonds. The summed E-state index contributed by atoms with van der Waals surface area (Å²) in [5.41, 5.74) is 4.52. The number of phenolic OH excluding ortho intramolecular Hbond substituents is 1. The van der Waals surface area contributed by atoms with E-state index in [-0.39, 0.29) is 33.4 Å². The Labute approximate surface area is 214 Å². The number of esters is 1. The Hall–Kier alpha value is -2.29. The van der Waals surface area contributed by atoms with Gasteiger partial charge in [-0.25, -0.2) is 4.79 Å². The summed E-state index contributed by atoms with van der Waals surface area (Å²) >= 11 is 0. The first kappa shape index (κ1) is 28.9. The van der Waals surface area contributed by atoms with Crippen LogP contribution in [0.2, 0.25) is 0 Å². The summed E-state index contributed by atoms with van der Waals surface area (Å²) in [6.07, 6.45) is 1.95. The third kappa shape index (κ3) is 6.11. The molecule has 194 valence electrons. The molecule has 3 heteroatoms. The maximum absolute atomic E-state index is 13.6. The SMILES string of the molecule is CCC(C)(C)c1cc(C)c(OC(=O)c2cc(C(C)(C)C)c(O)c(C(C)(C)C)c2)c(C(C)(C)CC)c1. The maximum Gasteiger partial charge on any atom is 0.343 e. The van der Waals surface area contributed by atoms with E-state index in [1.165, 1.54) is 5.56 Å². The van der Waals surface area contributed by atoms with Crippen molar-refractivity contribution < 1.29 is 14.6 Å². The van der Waals surface area contributed by atoms with Crippen molar-refractivity contribution in [1.82, 2.24) is 0 Å². The maximum atomic E-state index is 13.6. The molecule has 0 spiro atoms. The first-order valence-electron chi connectivity index (χ1n) is 13.0. The van der Waals surface area contributed by atoms with Crippen LogP contribution in [0.15, 0.2) is 24.3 Å². The number of aryl methyl sites for hydroxylation is 1. The fourth-order valence-corrected chi connectivity index (χ4v) is 4.24. The van der Waals surface area contributed by atoms with Crippen LogP contribution in [0.25, 0.3) is 0 Å². The summed E-state index contributed by atoms with van der Waals surface area (Å²) in [4.78, 5) is 13.6. The number of phenols is 1. The van der Waals surface area contributed by atoms with E-state index in [1.54, 1.807) is 12.1 Å². The number of carbonyl (C=O) groups is 1. The zero-order valence-corrected chi connectivity index (χ0v) is 24.5. The Morgan fingerprint density at radius 3 is 1.60 bits per heavy atom. The molecule has 0 bridgehead atoms. The fraction of sp³-hybridized carbons (Fsp3) is 0.594. The van der Waals surface area contributed by atoms with Crippen LogP contribution < -0.4 is 4.74 Å². The summed E-state index contributed by atoms with van der Waals surface area (Å²) in [6.45, 7) is 27.6. The van der Waals surface area contributed by atoms with Crippen molar-refractivity contribution in [3.63, 3.8) is 0 Å². The van der Waals surface area contributed by atoms with Gasteiger partial charge in [0.25, 0.3) is 0 Å². The van der Waals surface area contributed by atoms with E-state index < -0.39 is 0 Å². The summed E-state index contributed by atoms with van der Waals surface area (Å²) in [5, 5.41) is 11.1. The molecule has 35 heavy (non-hydrogen) atoms. The number of ether oxygens (including phenoxy) is 1. The van der Waals surface area contributed by atoms with E-state index in [0.29, 0.717) is 11.3 Å². The van der Waals surface area contributed by atoms with Gasteiger partial charge in [0, 0.05) is 16.7 Å². The Balaban J connectivity index is 2.71. The highest BCUT2D eigenvalue weighted by Gasteiger charge is 2.31. The lowest BCUT2D eigenvalue weighted by atomic mass is 9.75. The van der Waals surface area contributed by atoms with Crippen LogP contribution in [0.5, 0.6) is 11.5 Å². The van der Waals surface area contributed by atoms with Gasteiger partial charge in [-0.15, -0.1) is 0 Å². The Morgan fingerprint density at radius 1 is 0.743 bits per heavy atom. The van der Waals surface area contributed by atoms with Gasteiger partial charge in [0.1, 0.15) is 11.5 Å². The highest BCUT2D eigenvalue weighted by molar-refractivity contribution is 5.92. The van der Waals surface area contributed by atoms with Crippen LogP contribution in [0, 0.1) is 6.92 Å². The van der Waals surface area contributed by atoms with E-state index in [0.717, 1.165) is 35.1 Å². The zero-order chi connectivity index (χ0) is 27.1. The second-order valence-corrected chi connectivity index (χ2v) is 13.5. The van der Waals surface area contributed by atoms with Crippen molar-refractivity contribution in [3.05, 3.63) is 57.6 Å². The molecule has 2 aromatic carbocycles. The predicted octanol–water partition coefficient (Wildman–Crippen LogP) is 8.89. The van der Waals surface area contributed by atoms with Crippen LogP contribution >= 0.6 is 0 Å². The van der Waals surface area contributed by atoms with E-state index in [1.807, 2.05) is 48.5 Å². The largest absolute Gasteiger partial charge is 0.507 e. The second kappa shape index (κ2) is 9.64. The molecular formula is C32H48O3. The average molecular weight is 481 g/mol. The molecule has 0 aliphatic rings. The number of rotatable bonds is 6. The number of benzene rings is 2. The predicted molar refractivity (Wildman–Crippen MR) is 148 cm³/mol. The highest BCUT2D eigenvalue weighted by atomic mass is 16.5. The van der Waals surface area contributed by atoms with E-state index in [4.69, 9.17) is 4.74 Å². The minimum absolute atomic E-state index is 0.0338. The molecule has 0 atom stereocenters.